The number of ketones is 1. The smallest absolute Gasteiger partial charge is 0.269 e. The van der Waals surface area contributed by atoms with E-state index in [2.05, 4.69) is 15.9 Å². The molecule has 2 aromatic carbocycles. The van der Waals surface area contributed by atoms with Crippen LogP contribution in [0.1, 0.15) is 15.9 Å². The first-order valence-corrected chi connectivity index (χ1v) is 6.99. The molecule has 0 bridgehead atoms. The summed E-state index contributed by atoms with van der Waals surface area (Å²) in [6, 6.07) is 14.4. The van der Waals surface area contributed by atoms with Gasteiger partial charge in [0, 0.05) is 23.3 Å². The summed E-state index contributed by atoms with van der Waals surface area (Å²) in [5, 5.41) is 10.5. The number of non-ortho nitro benzene ring substituents is 1. The largest absolute Gasteiger partial charge is 0.289 e. The molecule has 0 saturated heterocycles. The molecule has 0 aliphatic rings. The van der Waals surface area contributed by atoms with Crippen molar-refractivity contribution < 1.29 is 9.72 Å². The third-order valence-corrected chi connectivity index (χ3v) is 2.38. The van der Waals surface area contributed by atoms with E-state index in [9.17, 15) is 14.9 Å². The van der Waals surface area contributed by atoms with E-state index in [4.69, 9.17) is 0 Å². The van der Waals surface area contributed by atoms with E-state index in [1.165, 1.54) is 24.3 Å². The molecular formula is C14H12BrNO3. The van der Waals surface area contributed by atoms with Gasteiger partial charge in [0.1, 0.15) is 0 Å². The molecule has 98 valence electrons. The molecule has 0 aromatic heterocycles. The zero-order valence-corrected chi connectivity index (χ0v) is 11.8. The van der Waals surface area contributed by atoms with Crippen LogP contribution in [0.25, 0.3) is 0 Å². The molecule has 4 nitrogen and oxygen atoms in total. The predicted octanol–water partition coefficient (Wildman–Crippen LogP) is 3.84. The first kappa shape index (κ1) is 15.0. The molecular weight excluding hydrogens is 310 g/mol. The van der Waals surface area contributed by atoms with Crippen molar-refractivity contribution in [2.24, 2.45) is 0 Å². The number of rotatable bonds is 3. The molecule has 0 N–H and O–H groups in total. The van der Waals surface area contributed by atoms with Crippen LogP contribution >= 0.6 is 15.9 Å². The third kappa shape index (κ3) is 3.99. The van der Waals surface area contributed by atoms with Crippen molar-refractivity contribution in [2.45, 2.75) is 0 Å². The van der Waals surface area contributed by atoms with E-state index in [0.29, 0.717) is 11.1 Å². The molecule has 0 amide bonds. The summed E-state index contributed by atoms with van der Waals surface area (Å²) >= 11 is 2.94. The van der Waals surface area contributed by atoms with Crippen molar-refractivity contribution in [2.75, 3.05) is 5.83 Å². The van der Waals surface area contributed by atoms with Gasteiger partial charge in [0.2, 0.25) is 0 Å². The van der Waals surface area contributed by atoms with Crippen LogP contribution in [-0.4, -0.2) is 16.5 Å². The third-order valence-electron chi connectivity index (χ3n) is 2.38. The summed E-state index contributed by atoms with van der Waals surface area (Å²) in [6.45, 7) is 0. The summed E-state index contributed by atoms with van der Waals surface area (Å²) in [6.07, 6.45) is 0. The molecule has 5 heteroatoms. The van der Waals surface area contributed by atoms with Crippen LogP contribution in [0.2, 0.25) is 0 Å². The highest BCUT2D eigenvalue weighted by molar-refractivity contribution is 9.08. The quantitative estimate of drug-likeness (QED) is 0.373. The zero-order valence-electron chi connectivity index (χ0n) is 10.2. The van der Waals surface area contributed by atoms with Gasteiger partial charge in [0.15, 0.2) is 5.78 Å². The summed E-state index contributed by atoms with van der Waals surface area (Å²) in [5.74, 6) is 1.67. The minimum atomic E-state index is -0.489. The van der Waals surface area contributed by atoms with Crippen molar-refractivity contribution in [3.63, 3.8) is 0 Å². The minimum absolute atomic E-state index is 0.0189. The van der Waals surface area contributed by atoms with E-state index in [1.807, 2.05) is 11.9 Å². The normalized spacial score (nSPS) is 9.16. The summed E-state index contributed by atoms with van der Waals surface area (Å²) in [5.41, 5.74) is 0.998. The maximum atomic E-state index is 12.0. The van der Waals surface area contributed by atoms with Gasteiger partial charge in [-0.3, -0.25) is 14.9 Å². The second-order valence-corrected chi connectivity index (χ2v) is 3.50. The number of carbonyl (C=O) groups is 1. The summed E-state index contributed by atoms with van der Waals surface area (Å²) in [7, 11) is 0. The van der Waals surface area contributed by atoms with E-state index < -0.39 is 4.92 Å². The molecule has 0 fully saturated rings. The first-order valence-electron chi connectivity index (χ1n) is 5.40. The molecule has 2 rings (SSSR count). The van der Waals surface area contributed by atoms with Crippen LogP contribution in [0.4, 0.5) is 5.69 Å². The van der Waals surface area contributed by atoms with Gasteiger partial charge >= 0.3 is 0 Å². The average Bonchev–Trinajstić information content (AvgIpc) is 2.49. The maximum absolute atomic E-state index is 12.0. The summed E-state index contributed by atoms with van der Waals surface area (Å²) in [4.78, 5) is 21.9. The standard InChI is InChI=1S/C13H9NO3.CH3Br/c15-13(10-4-2-1-3-5-10)11-6-8-12(9-7-11)14(16)17;1-2/h1-9H;1H3. The number of nitrogens with zero attached hydrogens (tertiary/aromatic N) is 1. The zero-order chi connectivity index (χ0) is 14.3. The van der Waals surface area contributed by atoms with Gasteiger partial charge in [-0.15, -0.1) is 0 Å². The van der Waals surface area contributed by atoms with Gasteiger partial charge in [0.05, 0.1) is 4.92 Å². The van der Waals surface area contributed by atoms with Crippen LogP contribution in [0.3, 0.4) is 0 Å². The number of carbonyl (C=O) groups excluding carboxylic acids is 1. The fraction of sp³-hybridized carbons (Fsp3) is 0.0714. The van der Waals surface area contributed by atoms with Crippen LogP contribution in [0.5, 0.6) is 0 Å². The van der Waals surface area contributed by atoms with Crippen molar-refractivity contribution in [3.8, 4) is 0 Å². The Balaban J connectivity index is 0.000000861. The SMILES string of the molecule is CBr.O=C(c1ccccc1)c1ccc([N+](=O)[O-])cc1. The molecule has 0 radical (unpaired) electrons. The monoisotopic (exact) mass is 321 g/mol. The second-order valence-electron chi connectivity index (χ2n) is 3.50. The van der Waals surface area contributed by atoms with Gasteiger partial charge in [-0.05, 0) is 18.0 Å². The van der Waals surface area contributed by atoms with Crippen LogP contribution in [0, 0.1) is 10.1 Å². The molecule has 2 aromatic rings. The molecule has 0 aliphatic carbocycles. The Morgan fingerprint density at radius 3 is 1.89 bits per heavy atom. The highest BCUT2D eigenvalue weighted by Crippen LogP contribution is 2.15. The number of nitro benzene ring substituents is 1. The van der Waals surface area contributed by atoms with Crippen LogP contribution in [-0.2, 0) is 0 Å². The lowest BCUT2D eigenvalue weighted by molar-refractivity contribution is -0.384. The Kier molecular flexibility index (Phi) is 5.89. The van der Waals surface area contributed by atoms with Crippen LogP contribution in [0.15, 0.2) is 54.6 Å². The molecule has 0 spiro atoms. The molecule has 0 unspecified atom stereocenters. The average molecular weight is 322 g/mol. The Morgan fingerprint density at radius 2 is 1.42 bits per heavy atom. The molecule has 0 saturated carbocycles. The lowest BCUT2D eigenvalue weighted by atomic mass is 10.0. The van der Waals surface area contributed by atoms with Gasteiger partial charge in [-0.2, -0.15) is 0 Å². The fourth-order valence-corrected chi connectivity index (χ4v) is 1.49. The summed E-state index contributed by atoms with van der Waals surface area (Å²) < 4.78 is 0. The highest BCUT2D eigenvalue weighted by Gasteiger charge is 2.10. The van der Waals surface area contributed by atoms with E-state index in [0.717, 1.165) is 0 Å². The number of halogens is 1. The van der Waals surface area contributed by atoms with Crippen LogP contribution < -0.4 is 0 Å². The highest BCUT2D eigenvalue weighted by atomic mass is 79.9. The van der Waals surface area contributed by atoms with Crippen molar-refractivity contribution >= 4 is 27.4 Å². The lowest BCUT2D eigenvalue weighted by Gasteiger charge is -2.00. The predicted molar refractivity (Wildman–Crippen MR) is 77.8 cm³/mol. The fourth-order valence-electron chi connectivity index (χ4n) is 1.49. The van der Waals surface area contributed by atoms with Gasteiger partial charge in [-0.1, -0.05) is 46.3 Å². The van der Waals surface area contributed by atoms with Gasteiger partial charge in [-0.25, -0.2) is 0 Å². The number of hydrogen-bond donors (Lipinski definition) is 0. The molecule has 19 heavy (non-hydrogen) atoms. The molecule has 0 heterocycles. The first-order chi connectivity index (χ1) is 9.18. The van der Waals surface area contributed by atoms with Gasteiger partial charge < -0.3 is 0 Å². The Labute approximate surface area is 119 Å². The van der Waals surface area contributed by atoms with Crippen molar-refractivity contribution in [1.82, 2.24) is 0 Å². The molecule has 0 atom stereocenters. The maximum Gasteiger partial charge on any atom is 0.269 e. The van der Waals surface area contributed by atoms with Crippen molar-refractivity contribution in [3.05, 3.63) is 75.8 Å². The van der Waals surface area contributed by atoms with E-state index in [1.54, 1.807) is 24.3 Å². The van der Waals surface area contributed by atoms with E-state index >= 15 is 0 Å². The second kappa shape index (κ2) is 7.43. The number of nitro groups is 1. The number of benzene rings is 2. The van der Waals surface area contributed by atoms with Crippen molar-refractivity contribution in [1.29, 1.82) is 0 Å². The topological polar surface area (TPSA) is 60.2 Å². The molecule has 0 aliphatic heterocycles. The number of hydrogen-bond acceptors (Lipinski definition) is 3. The minimum Gasteiger partial charge on any atom is -0.289 e. The number of alkyl halides is 1. The van der Waals surface area contributed by atoms with Gasteiger partial charge in [0.25, 0.3) is 5.69 Å². The lowest BCUT2D eigenvalue weighted by Crippen LogP contribution is -2.00. The Bertz CT molecular complexity index is 553. The Hall–Kier alpha value is -2.01. The van der Waals surface area contributed by atoms with E-state index in [-0.39, 0.29) is 11.5 Å². The Morgan fingerprint density at radius 1 is 0.947 bits per heavy atom.